The summed E-state index contributed by atoms with van der Waals surface area (Å²) < 4.78 is 5.41. The first-order valence-electron chi connectivity index (χ1n) is 7.89. The van der Waals surface area contributed by atoms with Crippen LogP contribution >= 0.6 is 0 Å². The molecule has 21 heavy (non-hydrogen) atoms. The first-order chi connectivity index (χ1) is 10.0. The number of carboxylic acids is 1. The van der Waals surface area contributed by atoms with Crippen LogP contribution in [-0.4, -0.2) is 42.4 Å². The van der Waals surface area contributed by atoms with Gasteiger partial charge in [-0.15, -0.1) is 0 Å². The van der Waals surface area contributed by atoms with Crippen LogP contribution in [0.5, 0.6) is 0 Å². The normalized spacial score (nSPS) is 28.0. The van der Waals surface area contributed by atoms with Crippen molar-refractivity contribution in [3.05, 3.63) is 0 Å². The van der Waals surface area contributed by atoms with E-state index in [1.807, 2.05) is 6.92 Å². The lowest BCUT2D eigenvalue weighted by molar-refractivity contribution is -0.140. The Hall–Kier alpha value is -1.30. The topological polar surface area (TPSA) is 87.7 Å². The summed E-state index contributed by atoms with van der Waals surface area (Å²) in [6.07, 6.45) is 6.01. The molecule has 0 aromatic rings. The van der Waals surface area contributed by atoms with Gasteiger partial charge in [0.25, 0.3) is 0 Å². The van der Waals surface area contributed by atoms with Gasteiger partial charge in [0.1, 0.15) is 0 Å². The third-order valence-corrected chi connectivity index (χ3v) is 4.76. The average Bonchev–Trinajstić information content (AvgIpc) is 2.82. The quantitative estimate of drug-likeness (QED) is 0.723. The van der Waals surface area contributed by atoms with Crippen LogP contribution in [0.2, 0.25) is 0 Å². The van der Waals surface area contributed by atoms with Crippen molar-refractivity contribution in [3.8, 4) is 0 Å². The number of nitrogens with one attached hydrogen (secondary N) is 2. The number of hydrogen-bond acceptors (Lipinski definition) is 3. The van der Waals surface area contributed by atoms with E-state index in [1.165, 1.54) is 0 Å². The summed E-state index contributed by atoms with van der Waals surface area (Å²) in [5.74, 6) is -0.781. The molecule has 2 atom stereocenters. The number of carbonyl (C=O) groups excluding carboxylic acids is 1. The maximum atomic E-state index is 12.0. The van der Waals surface area contributed by atoms with E-state index in [-0.39, 0.29) is 30.0 Å². The van der Waals surface area contributed by atoms with Gasteiger partial charge in [-0.1, -0.05) is 19.3 Å². The average molecular weight is 298 g/mol. The molecular formula is C15H26N2O4. The highest BCUT2D eigenvalue weighted by Crippen LogP contribution is 2.38. The van der Waals surface area contributed by atoms with E-state index in [2.05, 4.69) is 10.6 Å². The molecule has 6 heteroatoms. The van der Waals surface area contributed by atoms with Crippen LogP contribution in [0.15, 0.2) is 0 Å². The maximum Gasteiger partial charge on any atom is 0.315 e. The standard InChI is InChI=1S/C15H26N2O4/c1-11-12(5-8-21-11)17-14(20)16-10-15(9-13(18)19)6-3-2-4-7-15/h11-12H,2-10H2,1H3,(H,18,19)(H2,16,17,20). The minimum atomic E-state index is -0.781. The number of urea groups is 1. The Kier molecular flexibility index (Phi) is 5.45. The van der Waals surface area contributed by atoms with Crippen molar-refractivity contribution in [3.63, 3.8) is 0 Å². The molecule has 0 aromatic heterocycles. The number of carbonyl (C=O) groups is 2. The summed E-state index contributed by atoms with van der Waals surface area (Å²) in [5.41, 5.74) is -0.279. The summed E-state index contributed by atoms with van der Waals surface area (Å²) in [6, 6.07) is -0.167. The number of aliphatic carboxylic acids is 1. The second-order valence-electron chi connectivity index (χ2n) is 6.43. The Balaban J connectivity index is 1.83. The van der Waals surface area contributed by atoms with E-state index in [9.17, 15) is 9.59 Å². The second kappa shape index (κ2) is 7.11. The molecular weight excluding hydrogens is 272 g/mol. The zero-order valence-electron chi connectivity index (χ0n) is 12.7. The SMILES string of the molecule is CC1OCCC1NC(=O)NCC1(CC(=O)O)CCCCC1. The third kappa shape index (κ3) is 4.59. The lowest BCUT2D eigenvalue weighted by Gasteiger charge is -2.36. The van der Waals surface area contributed by atoms with E-state index in [4.69, 9.17) is 9.84 Å². The summed E-state index contributed by atoms with van der Waals surface area (Å²) in [6.45, 7) is 3.06. The van der Waals surface area contributed by atoms with Gasteiger partial charge in [0.2, 0.25) is 0 Å². The highest BCUT2D eigenvalue weighted by atomic mass is 16.5. The van der Waals surface area contributed by atoms with Crippen molar-refractivity contribution in [1.29, 1.82) is 0 Å². The predicted octanol–water partition coefficient (Wildman–Crippen LogP) is 1.89. The van der Waals surface area contributed by atoms with Crippen LogP contribution in [0.1, 0.15) is 51.9 Å². The predicted molar refractivity (Wildman–Crippen MR) is 78.1 cm³/mol. The Labute approximate surface area is 125 Å². The Morgan fingerprint density at radius 3 is 2.57 bits per heavy atom. The first kappa shape index (κ1) is 16.1. The number of hydrogen-bond donors (Lipinski definition) is 3. The van der Waals surface area contributed by atoms with Crippen molar-refractivity contribution in [2.75, 3.05) is 13.2 Å². The molecule has 2 fully saturated rings. The minimum Gasteiger partial charge on any atom is -0.481 e. The van der Waals surface area contributed by atoms with Gasteiger partial charge in [-0.2, -0.15) is 0 Å². The van der Waals surface area contributed by atoms with Gasteiger partial charge in [0.05, 0.1) is 18.6 Å². The molecule has 1 heterocycles. The molecule has 0 bridgehead atoms. The number of rotatable bonds is 5. The molecule has 2 unspecified atom stereocenters. The number of ether oxygens (including phenoxy) is 1. The van der Waals surface area contributed by atoms with Crippen LogP contribution in [0.25, 0.3) is 0 Å². The second-order valence-corrected chi connectivity index (χ2v) is 6.43. The van der Waals surface area contributed by atoms with Gasteiger partial charge in [0.15, 0.2) is 0 Å². The Morgan fingerprint density at radius 1 is 1.29 bits per heavy atom. The summed E-state index contributed by atoms with van der Waals surface area (Å²) in [5, 5.41) is 14.9. The lowest BCUT2D eigenvalue weighted by atomic mass is 9.72. The highest BCUT2D eigenvalue weighted by Gasteiger charge is 2.35. The fourth-order valence-corrected chi connectivity index (χ4v) is 3.45. The van der Waals surface area contributed by atoms with Crippen molar-refractivity contribution in [1.82, 2.24) is 10.6 Å². The fourth-order valence-electron chi connectivity index (χ4n) is 3.45. The summed E-state index contributed by atoms with van der Waals surface area (Å²) >= 11 is 0. The monoisotopic (exact) mass is 298 g/mol. The van der Waals surface area contributed by atoms with Crippen LogP contribution in [-0.2, 0) is 9.53 Å². The van der Waals surface area contributed by atoms with Crippen LogP contribution in [0, 0.1) is 5.41 Å². The van der Waals surface area contributed by atoms with Gasteiger partial charge in [-0.25, -0.2) is 4.79 Å². The lowest BCUT2D eigenvalue weighted by Crippen LogP contribution is -2.48. The molecule has 1 aliphatic heterocycles. The smallest absolute Gasteiger partial charge is 0.315 e. The van der Waals surface area contributed by atoms with Crippen molar-refractivity contribution < 1.29 is 19.4 Å². The molecule has 6 nitrogen and oxygen atoms in total. The maximum absolute atomic E-state index is 12.0. The van der Waals surface area contributed by atoms with Gasteiger partial charge >= 0.3 is 12.0 Å². The molecule has 1 saturated carbocycles. The zero-order valence-corrected chi connectivity index (χ0v) is 12.7. The summed E-state index contributed by atoms with van der Waals surface area (Å²) in [7, 11) is 0. The van der Waals surface area contributed by atoms with Crippen LogP contribution in [0.4, 0.5) is 4.79 Å². The van der Waals surface area contributed by atoms with E-state index < -0.39 is 5.97 Å². The molecule has 0 aromatic carbocycles. The minimum absolute atomic E-state index is 0.0402. The van der Waals surface area contributed by atoms with E-state index in [0.717, 1.165) is 38.5 Å². The Bertz CT molecular complexity index is 380. The molecule has 1 saturated heterocycles. The fraction of sp³-hybridized carbons (Fsp3) is 0.867. The molecule has 0 radical (unpaired) electrons. The summed E-state index contributed by atoms with van der Waals surface area (Å²) in [4.78, 5) is 23.1. The molecule has 2 amide bonds. The molecule has 120 valence electrons. The van der Waals surface area contributed by atoms with E-state index in [0.29, 0.717) is 13.2 Å². The number of carboxylic acid groups (broad SMARTS) is 1. The molecule has 2 aliphatic rings. The van der Waals surface area contributed by atoms with Crippen molar-refractivity contribution >= 4 is 12.0 Å². The Morgan fingerprint density at radius 2 is 2.00 bits per heavy atom. The molecule has 3 N–H and O–H groups in total. The third-order valence-electron chi connectivity index (χ3n) is 4.76. The molecule has 0 spiro atoms. The van der Waals surface area contributed by atoms with Crippen LogP contribution in [0.3, 0.4) is 0 Å². The largest absolute Gasteiger partial charge is 0.481 e. The first-order valence-corrected chi connectivity index (χ1v) is 7.89. The van der Waals surface area contributed by atoms with Crippen LogP contribution < -0.4 is 10.6 Å². The van der Waals surface area contributed by atoms with Gasteiger partial charge in [-0.3, -0.25) is 4.79 Å². The molecule has 2 rings (SSSR count). The van der Waals surface area contributed by atoms with Gasteiger partial charge < -0.3 is 20.5 Å². The van der Waals surface area contributed by atoms with E-state index in [1.54, 1.807) is 0 Å². The highest BCUT2D eigenvalue weighted by molar-refractivity contribution is 5.74. The molecule has 1 aliphatic carbocycles. The van der Waals surface area contributed by atoms with E-state index >= 15 is 0 Å². The van der Waals surface area contributed by atoms with Crippen molar-refractivity contribution in [2.24, 2.45) is 5.41 Å². The van der Waals surface area contributed by atoms with Crippen molar-refractivity contribution in [2.45, 2.75) is 64.0 Å². The zero-order chi connectivity index (χ0) is 15.3. The van der Waals surface area contributed by atoms with Gasteiger partial charge in [-0.05, 0) is 31.6 Å². The number of amides is 2. The van der Waals surface area contributed by atoms with Gasteiger partial charge in [0, 0.05) is 13.2 Å².